The van der Waals surface area contributed by atoms with Crippen LogP contribution in [0, 0.1) is 5.41 Å². The number of likely N-dealkylation sites (N-methyl/N-ethyl adjacent to an activating group) is 1. The SMILES string of the molecule is CCCC(C)(CN(C)CCc1ccncc1)C(=O)O. The summed E-state index contributed by atoms with van der Waals surface area (Å²) >= 11 is 0. The highest BCUT2D eigenvalue weighted by atomic mass is 16.4. The Morgan fingerprint density at radius 3 is 2.58 bits per heavy atom. The van der Waals surface area contributed by atoms with Gasteiger partial charge in [0.15, 0.2) is 0 Å². The highest BCUT2D eigenvalue weighted by Crippen LogP contribution is 2.24. The molecular weight excluding hydrogens is 240 g/mol. The molecule has 1 aromatic rings. The first kappa shape index (κ1) is 15.6. The average molecular weight is 264 g/mol. The summed E-state index contributed by atoms with van der Waals surface area (Å²) in [5.41, 5.74) is 0.580. The monoisotopic (exact) mass is 264 g/mol. The van der Waals surface area contributed by atoms with E-state index < -0.39 is 11.4 Å². The molecule has 106 valence electrons. The van der Waals surface area contributed by atoms with E-state index in [0.717, 1.165) is 19.4 Å². The number of rotatable bonds is 8. The van der Waals surface area contributed by atoms with Crippen molar-refractivity contribution >= 4 is 5.97 Å². The number of nitrogens with zero attached hydrogens (tertiary/aromatic N) is 2. The van der Waals surface area contributed by atoms with Crippen LogP contribution >= 0.6 is 0 Å². The Kier molecular flexibility index (Phi) is 5.96. The lowest BCUT2D eigenvalue weighted by Crippen LogP contribution is -2.40. The van der Waals surface area contributed by atoms with E-state index in [1.165, 1.54) is 5.56 Å². The van der Waals surface area contributed by atoms with Gasteiger partial charge in [0.2, 0.25) is 0 Å². The van der Waals surface area contributed by atoms with E-state index in [1.54, 1.807) is 12.4 Å². The molecule has 0 saturated carbocycles. The maximum Gasteiger partial charge on any atom is 0.310 e. The van der Waals surface area contributed by atoms with Crippen LogP contribution in [0.1, 0.15) is 32.3 Å². The molecule has 4 nitrogen and oxygen atoms in total. The van der Waals surface area contributed by atoms with Gasteiger partial charge in [0.1, 0.15) is 0 Å². The summed E-state index contributed by atoms with van der Waals surface area (Å²) in [5, 5.41) is 9.36. The highest BCUT2D eigenvalue weighted by Gasteiger charge is 2.33. The lowest BCUT2D eigenvalue weighted by molar-refractivity contribution is -0.149. The van der Waals surface area contributed by atoms with E-state index in [1.807, 2.05) is 33.0 Å². The Morgan fingerprint density at radius 2 is 2.05 bits per heavy atom. The van der Waals surface area contributed by atoms with Crippen LogP contribution in [0.3, 0.4) is 0 Å². The molecule has 0 aromatic carbocycles. The second-order valence-electron chi connectivity index (χ2n) is 5.46. The van der Waals surface area contributed by atoms with Gasteiger partial charge in [-0.15, -0.1) is 0 Å². The third-order valence-electron chi connectivity index (χ3n) is 3.47. The van der Waals surface area contributed by atoms with Crippen LogP contribution in [0.4, 0.5) is 0 Å². The van der Waals surface area contributed by atoms with Crippen LogP contribution in [0.2, 0.25) is 0 Å². The quantitative estimate of drug-likeness (QED) is 0.783. The third kappa shape index (κ3) is 4.99. The van der Waals surface area contributed by atoms with Gasteiger partial charge < -0.3 is 10.0 Å². The van der Waals surface area contributed by atoms with E-state index >= 15 is 0 Å². The molecule has 0 aliphatic rings. The van der Waals surface area contributed by atoms with Crippen LogP contribution in [0.15, 0.2) is 24.5 Å². The second kappa shape index (κ2) is 7.24. The van der Waals surface area contributed by atoms with Gasteiger partial charge in [-0.05, 0) is 44.5 Å². The number of carboxylic acid groups (broad SMARTS) is 1. The Labute approximate surface area is 115 Å². The predicted molar refractivity (Wildman–Crippen MR) is 76.1 cm³/mol. The number of aliphatic carboxylic acids is 1. The highest BCUT2D eigenvalue weighted by molar-refractivity contribution is 5.74. The number of hydrogen-bond acceptors (Lipinski definition) is 3. The van der Waals surface area contributed by atoms with Crippen molar-refractivity contribution in [2.45, 2.75) is 33.1 Å². The molecule has 19 heavy (non-hydrogen) atoms. The van der Waals surface area contributed by atoms with Gasteiger partial charge in [0.05, 0.1) is 5.41 Å². The normalized spacial score (nSPS) is 14.3. The Morgan fingerprint density at radius 1 is 1.42 bits per heavy atom. The molecule has 1 atom stereocenters. The summed E-state index contributed by atoms with van der Waals surface area (Å²) in [5.74, 6) is -0.704. The largest absolute Gasteiger partial charge is 0.481 e. The fourth-order valence-corrected chi connectivity index (χ4v) is 2.35. The number of carbonyl (C=O) groups is 1. The maximum atomic E-state index is 11.4. The summed E-state index contributed by atoms with van der Waals surface area (Å²) in [6.45, 7) is 5.30. The molecule has 4 heteroatoms. The summed E-state index contributed by atoms with van der Waals surface area (Å²) in [7, 11) is 1.98. The van der Waals surface area contributed by atoms with Crippen LogP contribution in [0.5, 0.6) is 0 Å². The number of carboxylic acids is 1. The molecule has 1 rings (SSSR count). The first-order valence-electron chi connectivity index (χ1n) is 6.79. The molecule has 1 heterocycles. The van der Waals surface area contributed by atoms with Crippen LogP contribution in [0.25, 0.3) is 0 Å². The lowest BCUT2D eigenvalue weighted by atomic mass is 9.85. The van der Waals surface area contributed by atoms with E-state index in [9.17, 15) is 9.90 Å². The molecule has 0 bridgehead atoms. The zero-order valence-corrected chi connectivity index (χ0v) is 12.1. The summed E-state index contributed by atoms with van der Waals surface area (Å²) < 4.78 is 0. The van der Waals surface area contributed by atoms with Gasteiger partial charge >= 0.3 is 5.97 Å². The molecule has 0 spiro atoms. The number of pyridine rings is 1. The van der Waals surface area contributed by atoms with Gasteiger partial charge in [-0.1, -0.05) is 13.3 Å². The Balaban J connectivity index is 2.49. The zero-order chi connectivity index (χ0) is 14.3. The van der Waals surface area contributed by atoms with Gasteiger partial charge in [0, 0.05) is 25.5 Å². The van der Waals surface area contributed by atoms with Crippen molar-refractivity contribution in [3.8, 4) is 0 Å². The zero-order valence-electron chi connectivity index (χ0n) is 12.1. The average Bonchev–Trinajstić information content (AvgIpc) is 2.37. The number of hydrogen-bond donors (Lipinski definition) is 1. The third-order valence-corrected chi connectivity index (χ3v) is 3.47. The molecule has 0 saturated heterocycles. The first-order chi connectivity index (χ1) is 8.98. The predicted octanol–water partition coefficient (Wildman–Crippen LogP) is 2.45. The molecule has 0 aliphatic heterocycles. The van der Waals surface area contributed by atoms with E-state index in [4.69, 9.17) is 0 Å². The molecular formula is C15H24N2O2. The van der Waals surface area contributed by atoms with Crippen molar-refractivity contribution < 1.29 is 9.90 Å². The Bertz CT molecular complexity index is 394. The smallest absolute Gasteiger partial charge is 0.310 e. The minimum Gasteiger partial charge on any atom is -0.481 e. The van der Waals surface area contributed by atoms with Gasteiger partial charge in [0.25, 0.3) is 0 Å². The molecule has 0 fully saturated rings. The molecule has 0 aliphatic carbocycles. The van der Waals surface area contributed by atoms with Crippen molar-refractivity contribution in [3.63, 3.8) is 0 Å². The minimum absolute atomic E-state index is 0.585. The van der Waals surface area contributed by atoms with Crippen LogP contribution < -0.4 is 0 Å². The van der Waals surface area contributed by atoms with Gasteiger partial charge in [-0.3, -0.25) is 9.78 Å². The summed E-state index contributed by atoms with van der Waals surface area (Å²) in [4.78, 5) is 17.5. The standard InChI is InChI=1S/C15H24N2O2/c1-4-8-15(2,14(18)19)12-17(3)11-7-13-5-9-16-10-6-13/h5-6,9-10H,4,7-8,11-12H2,1-3H3,(H,18,19). The van der Waals surface area contributed by atoms with Crippen molar-refractivity contribution in [2.24, 2.45) is 5.41 Å². The maximum absolute atomic E-state index is 11.4. The molecule has 1 aromatic heterocycles. The molecule has 0 amide bonds. The fourth-order valence-electron chi connectivity index (χ4n) is 2.35. The second-order valence-corrected chi connectivity index (χ2v) is 5.46. The van der Waals surface area contributed by atoms with E-state index in [2.05, 4.69) is 9.88 Å². The minimum atomic E-state index is -0.704. The van der Waals surface area contributed by atoms with Gasteiger partial charge in [-0.25, -0.2) is 0 Å². The topological polar surface area (TPSA) is 53.4 Å². The van der Waals surface area contributed by atoms with Gasteiger partial charge in [-0.2, -0.15) is 0 Å². The van der Waals surface area contributed by atoms with Crippen molar-refractivity contribution in [1.82, 2.24) is 9.88 Å². The molecule has 1 N–H and O–H groups in total. The summed E-state index contributed by atoms with van der Waals surface area (Å²) in [6, 6.07) is 3.99. The van der Waals surface area contributed by atoms with Crippen molar-refractivity contribution in [1.29, 1.82) is 0 Å². The lowest BCUT2D eigenvalue weighted by Gasteiger charge is -2.29. The molecule has 1 unspecified atom stereocenters. The first-order valence-corrected chi connectivity index (χ1v) is 6.79. The van der Waals surface area contributed by atoms with E-state index in [0.29, 0.717) is 13.0 Å². The van der Waals surface area contributed by atoms with Crippen LogP contribution in [-0.2, 0) is 11.2 Å². The van der Waals surface area contributed by atoms with Crippen molar-refractivity contribution in [2.75, 3.05) is 20.1 Å². The molecule has 0 radical (unpaired) electrons. The van der Waals surface area contributed by atoms with E-state index in [-0.39, 0.29) is 0 Å². The Hall–Kier alpha value is -1.42. The fraction of sp³-hybridized carbons (Fsp3) is 0.600. The van der Waals surface area contributed by atoms with Crippen molar-refractivity contribution in [3.05, 3.63) is 30.1 Å². The van der Waals surface area contributed by atoms with Crippen LogP contribution in [-0.4, -0.2) is 41.1 Å². The summed E-state index contributed by atoms with van der Waals surface area (Å²) in [6.07, 6.45) is 6.09. The number of aromatic nitrogens is 1.